The second-order valence-corrected chi connectivity index (χ2v) is 10.1. The highest BCUT2D eigenvalue weighted by Crippen LogP contribution is 2.18. The third-order valence-electron chi connectivity index (χ3n) is 4.52. The minimum absolute atomic E-state index is 0.234. The first-order valence-electron chi connectivity index (χ1n) is 10.5. The van der Waals surface area contributed by atoms with Gasteiger partial charge >= 0.3 is 0 Å². The van der Waals surface area contributed by atoms with Gasteiger partial charge in [0.05, 0.1) is 11.4 Å². The van der Waals surface area contributed by atoms with Gasteiger partial charge in [0.15, 0.2) is 5.96 Å². The third-order valence-corrected chi connectivity index (χ3v) is 6.38. The smallest absolute Gasteiger partial charge is 0.241 e. The molecule has 0 aliphatic carbocycles. The zero-order valence-corrected chi connectivity index (χ0v) is 19.3. The van der Waals surface area contributed by atoms with Crippen LogP contribution in [0.5, 0.6) is 0 Å². The molecule has 0 aromatic heterocycles. The Labute approximate surface area is 180 Å². The van der Waals surface area contributed by atoms with Crippen LogP contribution in [0.1, 0.15) is 52.5 Å². The van der Waals surface area contributed by atoms with Crippen molar-refractivity contribution in [3.8, 4) is 0 Å². The maximum absolute atomic E-state index is 12.8. The van der Waals surface area contributed by atoms with E-state index in [1.807, 2.05) is 38.7 Å². The molecule has 1 heterocycles. The fraction of sp³-hybridized carbons (Fsp3) is 0.619. The quantitative estimate of drug-likeness (QED) is 0.311. The van der Waals surface area contributed by atoms with Crippen molar-refractivity contribution in [2.75, 3.05) is 26.2 Å². The minimum Gasteiger partial charge on any atom is -0.357 e. The number of benzene rings is 1. The first-order valence-corrected chi connectivity index (χ1v) is 12.0. The summed E-state index contributed by atoms with van der Waals surface area (Å²) < 4.78 is 28.3. The van der Waals surface area contributed by atoms with Crippen LogP contribution in [0, 0.1) is 0 Å². The fourth-order valence-corrected chi connectivity index (χ4v) is 4.93. The van der Waals surface area contributed by atoms with Gasteiger partial charge in [-0.2, -0.15) is 0 Å². The number of guanidine groups is 1. The van der Waals surface area contributed by atoms with E-state index in [-0.39, 0.29) is 17.3 Å². The van der Waals surface area contributed by atoms with Gasteiger partial charge in [-0.1, -0.05) is 18.2 Å². The van der Waals surface area contributed by atoms with Crippen LogP contribution >= 0.6 is 0 Å². The molecule has 30 heavy (non-hydrogen) atoms. The number of amides is 1. The topological polar surface area (TPSA) is 103 Å². The van der Waals surface area contributed by atoms with E-state index in [2.05, 4.69) is 20.3 Å². The van der Waals surface area contributed by atoms with E-state index in [4.69, 9.17) is 0 Å². The van der Waals surface area contributed by atoms with Crippen molar-refractivity contribution in [3.63, 3.8) is 0 Å². The van der Waals surface area contributed by atoms with Crippen molar-refractivity contribution in [2.24, 2.45) is 4.99 Å². The van der Waals surface area contributed by atoms with Crippen molar-refractivity contribution in [3.05, 3.63) is 29.8 Å². The average molecular weight is 438 g/mol. The summed E-state index contributed by atoms with van der Waals surface area (Å²) in [5.74, 6) is 0.860. The summed E-state index contributed by atoms with van der Waals surface area (Å²) in [7, 11) is -3.64. The van der Waals surface area contributed by atoms with Crippen molar-refractivity contribution in [2.45, 2.75) is 63.9 Å². The van der Waals surface area contributed by atoms with E-state index in [1.54, 1.807) is 18.2 Å². The van der Waals surface area contributed by atoms with Crippen LogP contribution in [-0.4, -0.2) is 56.9 Å². The first-order chi connectivity index (χ1) is 14.1. The van der Waals surface area contributed by atoms with Crippen molar-refractivity contribution < 1.29 is 13.2 Å². The highest BCUT2D eigenvalue weighted by Gasteiger charge is 2.24. The Bertz CT molecular complexity index is 846. The molecule has 0 unspecified atom stereocenters. The lowest BCUT2D eigenvalue weighted by atomic mass is 10.1. The van der Waals surface area contributed by atoms with Gasteiger partial charge in [-0.3, -0.25) is 4.79 Å². The van der Waals surface area contributed by atoms with Gasteiger partial charge < -0.3 is 15.5 Å². The second kappa shape index (κ2) is 10.8. The Morgan fingerprint density at radius 1 is 1.20 bits per heavy atom. The second-order valence-electron chi connectivity index (χ2n) is 8.42. The number of hydrogen-bond donors (Lipinski definition) is 3. The van der Waals surface area contributed by atoms with Crippen LogP contribution in [0.4, 0.5) is 0 Å². The molecule has 0 spiro atoms. The molecule has 1 aliphatic heterocycles. The molecule has 1 fully saturated rings. The number of sulfonamides is 1. The number of carbonyl (C=O) groups is 1. The summed E-state index contributed by atoms with van der Waals surface area (Å²) in [4.78, 5) is 18.4. The summed E-state index contributed by atoms with van der Waals surface area (Å²) in [5.41, 5.74) is 0.0664. The van der Waals surface area contributed by atoms with E-state index in [9.17, 15) is 13.2 Å². The Morgan fingerprint density at radius 2 is 1.93 bits per heavy atom. The van der Waals surface area contributed by atoms with Gasteiger partial charge in [0.2, 0.25) is 15.9 Å². The maximum atomic E-state index is 12.8. The minimum atomic E-state index is -3.64. The molecule has 2 rings (SSSR count). The maximum Gasteiger partial charge on any atom is 0.241 e. The van der Waals surface area contributed by atoms with Gasteiger partial charge in [-0.25, -0.2) is 18.1 Å². The highest BCUT2D eigenvalue weighted by atomic mass is 32.2. The number of likely N-dealkylation sites (tertiary alicyclic amines) is 1. The zero-order chi connectivity index (χ0) is 22.2. The number of rotatable bonds is 9. The summed E-state index contributed by atoms with van der Waals surface area (Å²) >= 11 is 0. The van der Waals surface area contributed by atoms with Crippen LogP contribution < -0.4 is 15.4 Å². The molecular weight excluding hydrogens is 402 g/mol. The Hall–Kier alpha value is -2.13. The molecule has 1 aromatic carbocycles. The Balaban J connectivity index is 2.01. The summed E-state index contributed by atoms with van der Waals surface area (Å²) in [5, 5.41) is 6.44. The van der Waals surface area contributed by atoms with E-state index in [0.29, 0.717) is 31.0 Å². The fourth-order valence-electron chi connectivity index (χ4n) is 3.28. The van der Waals surface area contributed by atoms with Gasteiger partial charge in [0, 0.05) is 38.1 Å². The van der Waals surface area contributed by atoms with Crippen LogP contribution in [0.3, 0.4) is 0 Å². The molecule has 8 nitrogen and oxygen atoms in total. The number of carbonyl (C=O) groups excluding carboxylic acids is 1. The molecule has 1 amide bonds. The van der Waals surface area contributed by atoms with Crippen LogP contribution in [-0.2, 0) is 21.4 Å². The van der Waals surface area contributed by atoms with Crippen LogP contribution in [0.15, 0.2) is 34.2 Å². The van der Waals surface area contributed by atoms with Gasteiger partial charge in [0.1, 0.15) is 0 Å². The molecule has 0 saturated carbocycles. The SMILES string of the molecule is CCNC(=NCc1ccccc1S(=O)(=O)NC(C)(C)C)NCCCN1CCCC1=O. The third kappa shape index (κ3) is 7.60. The summed E-state index contributed by atoms with van der Waals surface area (Å²) in [6.45, 7) is 10.6. The van der Waals surface area contributed by atoms with Gasteiger partial charge in [-0.15, -0.1) is 0 Å². The molecule has 168 valence electrons. The van der Waals surface area contributed by atoms with Crippen molar-refractivity contribution in [1.82, 2.24) is 20.3 Å². The molecule has 0 bridgehead atoms. The normalized spacial score (nSPS) is 15.5. The molecule has 0 radical (unpaired) electrons. The van der Waals surface area contributed by atoms with E-state index in [0.717, 1.165) is 25.9 Å². The standard InChI is InChI=1S/C21H35N5O3S/c1-5-22-20(23-13-9-15-26-14-8-12-19(26)27)24-16-17-10-6-7-11-18(17)30(28,29)25-21(2,3)4/h6-7,10-11,25H,5,8-9,12-16H2,1-4H3,(H2,22,23,24). The molecule has 3 N–H and O–H groups in total. The average Bonchev–Trinajstić information content (AvgIpc) is 3.06. The number of aliphatic imine (C=N–C) groups is 1. The lowest BCUT2D eigenvalue weighted by Gasteiger charge is -2.21. The predicted octanol–water partition coefficient (Wildman–Crippen LogP) is 1.83. The molecule has 1 aromatic rings. The summed E-state index contributed by atoms with van der Waals surface area (Å²) in [6.07, 6.45) is 2.43. The zero-order valence-electron chi connectivity index (χ0n) is 18.5. The largest absolute Gasteiger partial charge is 0.357 e. The monoisotopic (exact) mass is 437 g/mol. The Kier molecular flexibility index (Phi) is 8.66. The molecule has 0 atom stereocenters. The Morgan fingerprint density at radius 3 is 2.57 bits per heavy atom. The number of hydrogen-bond acceptors (Lipinski definition) is 4. The molecule has 1 saturated heterocycles. The van der Waals surface area contributed by atoms with Gasteiger partial charge in [0.25, 0.3) is 0 Å². The molecule has 9 heteroatoms. The highest BCUT2D eigenvalue weighted by molar-refractivity contribution is 7.89. The predicted molar refractivity (Wildman–Crippen MR) is 120 cm³/mol. The lowest BCUT2D eigenvalue weighted by Crippen LogP contribution is -2.41. The molecule has 1 aliphatic rings. The molecular formula is C21H35N5O3S. The number of nitrogens with one attached hydrogen (secondary N) is 3. The number of nitrogens with zero attached hydrogens (tertiary/aromatic N) is 2. The van der Waals surface area contributed by atoms with Crippen molar-refractivity contribution >= 4 is 21.9 Å². The van der Waals surface area contributed by atoms with Crippen LogP contribution in [0.2, 0.25) is 0 Å². The summed E-state index contributed by atoms with van der Waals surface area (Å²) in [6, 6.07) is 6.91. The first kappa shape index (κ1) is 24.1. The lowest BCUT2D eigenvalue weighted by molar-refractivity contribution is -0.127. The van der Waals surface area contributed by atoms with Gasteiger partial charge in [-0.05, 0) is 52.2 Å². The van der Waals surface area contributed by atoms with Crippen LogP contribution in [0.25, 0.3) is 0 Å². The van der Waals surface area contributed by atoms with E-state index >= 15 is 0 Å². The van der Waals surface area contributed by atoms with E-state index < -0.39 is 15.6 Å². The van der Waals surface area contributed by atoms with Crippen molar-refractivity contribution in [1.29, 1.82) is 0 Å². The van der Waals surface area contributed by atoms with E-state index in [1.165, 1.54) is 0 Å².